The van der Waals surface area contributed by atoms with Crippen molar-refractivity contribution in [1.29, 1.82) is 0 Å². The predicted octanol–water partition coefficient (Wildman–Crippen LogP) is 1.85. The van der Waals surface area contributed by atoms with Crippen molar-refractivity contribution >= 4 is 23.3 Å². The summed E-state index contributed by atoms with van der Waals surface area (Å²) in [7, 11) is 1.54. The summed E-state index contributed by atoms with van der Waals surface area (Å²) in [6.07, 6.45) is 0.513. The monoisotopic (exact) mass is 258 g/mol. The topological polar surface area (TPSA) is 70.6 Å². The van der Waals surface area contributed by atoms with Crippen LogP contribution in [0.15, 0.2) is 18.2 Å². The molecule has 0 radical (unpaired) electrons. The molecule has 3 N–H and O–H groups in total. The Morgan fingerprint density at radius 2 is 2.29 bits per heavy atom. The van der Waals surface area contributed by atoms with Crippen molar-refractivity contribution in [3.8, 4) is 5.75 Å². The maximum Gasteiger partial charge on any atom is 0.319 e. The highest BCUT2D eigenvalue weighted by atomic mass is 35.5. The van der Waals surface area contributed by atoms with E-state index in [1.54, 1.807) is 18.2 Å². The Balaban J connectivity index is 2.57. The third-order valence-electron chi connectivity index (χ3n) is 2.04. The van der Waals surface area contributed by atoms with Gasteiger partial charge in [0.15, 0.2) is 0 Å². The van der Waals surface area contributed by atoms with Crippen molar-refractivity contribution in [3.05, 3.63) is 23.2 Å². The molecule has 0 aliphatic carbocycles. The summed E-state index contributed by atoms with van der Waals surface area (Å²) in [6.45, 7) is 0.449. The number of hydrogen-bond acceptors (Lipinski definition) is 3. The summed E-state index contributed by atoms with van der Waals surface area (Å²) in [5.74, 6) is 0.611. The number of anilines is 1. The lowest BCUT2D eigenvalue weighted by molar-refractivity contribution is 0.249. The summed E-state index contributed by atoms with van der Waals surface area (Å²) >= 11 is 5.92. The maximum absolute atomic E-state index is 11.4. The molecule has 0 aliphatic heterocycles. The van der Waals surface area contributed by atoms with Crippen LogP contribution in [-0.2, 0) is 0 Å². The Morgan fingerprint density at radius 1 is 1.53 bits per heavy atom. The van der Waals surface area contributed by atoms with Gasteiger partial charge in [0.2, 0.25) is 0 Å². The number of nitrogens with one attached hydrogen (secondary N) is 2. The zero-order valence-electron chi connectivity index (χ0n) is 9.50. The molecule has 2 amide bonds. The predicted molar refractivity (Wildman–Crippen MR) is 66.7 cm³/mol. The summed E-state index contributed by atoms with van der Waals surface area (Å²) in [6, 6.07) is 4.61. The zero-order chi connectivity index (χ0) is 12.7. The number of urea groups is 1. The van der Waals surface area contributed by atoms with Crippen LogP contribution in [0.5, 0.6) is 5.75 Å². The van der Waals surface area contributed by atoms with E-state index in [9.17, 15) is 4.79 Å². The number of hydrogen-bond donors (Lipinski definition) is 3. The lowest BCUT2D eigenvalue weighted by atomic mass is 10.3. The molecule has 0 aliphatic rings. The van der Waals surface area contributed by atoms with Crippen LogP contribution in [0.4, 0.5) is 10.5 Å². The van der Waals surface area contributed by atoms with Crippen LogP contribution in [0, 0.1) is 0 Å². The molecule has 0 atom stereocenters. The molecule has 1 rings (SSSR count). The molecule has 0 unspecified atom stereocenters. The van der Waals surface area contributed by atoms with Crippen LogP contribution in [0.3, 0.4) is 0 Å². The number of halogens is 1. The molecule has 1 aromatic rings. The molecule has 0 spiro atoms. The largest absolute Gasteiger partial charge is 0.497 e. The van der Waals surface area contributed by atoms with E-state index in [-0.39, 0.29) is 12.6 Å². The smallest absolute Gasteiger partial charge is 0.319 e. The summed E-state index contributed by atoms with van der Waals surface area (Å²) < 4.78 is 5.03. The molecule has 0 fully saturated rings. The molecule has 0 aromatic heterocycles. The lowest BCUT2D eigenvalue weighted by Crippen LogP contribution is -2.30. The quantitative estimate of drug-likeness (QED) is 0.706. The highest BCUT2D eigenvalue weighted by Gasteiger charge is 2.06. The molecule has 17 heavy (non-hydrogen) atoms. The van der Waals surface area contributed by atoms with Crippen LogP contribution >= 0.6 is 11.6 Å². The van der Waals surface area contributed by atoms with Crippen molar-refractivity contribution in [2.24, 2.45) is 0 Å². The van der Waals surface area contributed by atoms with Crippen molar-refractivity contribution < 1.29 is 14.6 Å². The number of methoxy groups -OCH3 is 1. The highest BCUT2D eigenvalue weighted by Crippen LogP contribution is 2.26. The van der Waals surface area contributed by atoms with Crippen LogP contribution in [0.1, 0.15) is 6.42 Å². The number of benzene rings is 1. The molecular weight excluding hydrogens is 244 g/mol. The zero-order valence-corrected chi connectivity index (χ0v) is 10.3. The van der Waals surface area contributed by atoms with Crippen molar-refractivity contribution in [3.63, 3.8) is 0 Å². The normalized spacial score (nSPS) is 9.82. The van der Waals surface area contributed by atoms with Gasteiger partial charge in [-0.2, -0.15) is 0 Å². The van der Waals surface area contributed by atoms with E-state index in [0.717, 1.165) is 0 Å². The molecule has 94 valence electrons. The van der Waals surface area contributed by atoms with E-state index in [2.05, 4.69) is 10.6 Å². The van der Waals surface area contributed by atoms with E-state index >= 15 is 0 Å². The van der Waals surface area contributed by atoms with E-state index in [1.807, 2.05) is 0 Å². The van der Waals surface area contributed by atoms with Gasteiger partial charge >= 0.3 is 6.03 Å². The fourth-order valence-electron chi connectivity index (χ4n) is 1.17. The first kappa shape index (κ1) is 13.6. The number of carbonyl (C=O) groups excluding carboxylic acids is 1. The second kappa shape index (κ2) is 6.98. The number of rotatable bonds is 5. The minimum atomic E-state index is -0.367. The van der Waals surface area contributed by atoms with Gasteiger partial charge in [-0.3, -0.25) is 0 Å². The van der Waals surface area contributed by atoms with E-state index in [4.69, 9.17) is 21.4 Å². The van der Waals surface area contributed by atoms with Crippen LogP contribution in [0.2, 0.25) is 5.02 Å². The minimum absolute atomic E-state index is 0.0419. The second-order valence-corrected chi connectivity index (χ2v) is 3.71. The second-order valence-electron chi connectivity index (χ2n) is 3.30. The Kier molecular flexibility index (Phi) is 5.59. The summed E-state index contributed by atoms with van der Waals surface area (Å²) in [5, 5.41) is 14.2. The minimum Gasteiger partial charge on any atom is -0.497 e. The van der Waals surface area contributed by atoms with E-state index < -0.39 is 0 Å². The molecular formula is C11H15ClN2O3. The van der Waals surface area contributed by atoms with Gasteiger partial charge < -0.3 is 20.5 Å². The number of aliphatic hydroxyl groups excluding tert-OH is 1. The van der Waals surface area contributed by atoms with Crippen LogP contribution in [0.25, 0.3) is 0 Å². The van der Waals surface area contributed by atoms with Gasteiger partial charge in [-0.05, 0) is 18.6 Å². The van der Waals surface area contributed by atoms with Gasteiger partial charge in [0, 0.05) is 19.2 Å². The third-order valence-corrected chi connectivity index (χ3v) is 2.37. The lowest BCUT2D eigenvalue weighted by Gasteiger charge is -2.09. The average Bonchev–Trinajstić information content (AvgIpc) is 2.32. The van der Waals surface area contributed by atoms with Crippen LogP contribution < -0.4 is 15.4 Å². The molecule has 6 heteroatoms. The standard InChI is InChI=1S/C11H15ClN2O3/c1-17-8-3-4-9(12)10(7-8)14-11(16)13-5-2-6-15/h3-4,7,15H,2,5-6H2,1H3,(H2,13,14,16). The fourth-order valence-corrected chi connectivity index (χ4v) is 1.34. The first-order chi connectivity index (χ1) is 8.17. The molecule has 0 bridgehead atoms. The first-order valence-corrected chi connectivity index (χ1v) is 5.54. The van der Waals surface area contributed by atoms with Crippen molar-refractivity contribution in [1.82, 2.24) is 5.32 Å². The van der Waals surface area contributed by atoms with Gasteiger partial charge in [-0.15, -0.1) is 0 Å². The fraction of sp³-hybridized carbons (Fsp3) is 0.364. The Labute approximate surface area is 105 Å². The van der Waals surface area contributed by atoms with Crippen molar-refractivity contribution in [2.75, 3.05) is 25.6 Å². The van der Waals surface area contributed by atoms with Crippen molar-refractivity contribution in [2.45, 2.75) is 6.42 Å². The Morgan fingerprint density at radius 3 is 2.94 bits per heavy atom. The number of ether oxygens (including phenoxy) is 1. The summed E-state index contributed by atoms with van der Waals surface area (Å²) in [4.78, 5) is 11.4. The highest BCUT2D eigenvalue weighted by molar-refractivity contribution is 6.33. The maximum atomic E-state index is 11.4. The van der Waals surface area contributed by atoms with Gasteiger partial charge in [0.05, 0.1) is 17.8 Å². The van der Waals surface area contributed by atoms with E-state index in [1.165, 1.54) is 7.11 Å². The molecule has 5 nitrogen and oxygen atoms in total. The summed E-state index contributed by atoms with van der Waals surface area (Å²) in [5.41, 5.74) is 0.479. The Hall–Kier alpha value is -1.46. The van der Waals surface area contributed by atoms with Crippen LogP contribution in [-0.4, -0.2) is 31.4 Å². The molecule has 0 heterocycles. The number of amides is 2. The average molecular weight is 259 g/mol. The number of carbonyl (C=O) groups is 1. The van der Waals surface area contributed by atoms with Gasteiger partial charge in [0.25, 0.3) is 0 Å². The molecule has 0 saturated heterocycles. The SMILES string of the molecule is COc1ccc(Cl)c(NC(=O)NCCCO)c1. The molecule has 0 saturated carbocycles. The molecule has 1 aromatic carbocycles. The first-order valence-electron chi connectivity index (χ1n) is 5.16. The number of aliphatic hydroxyl groups is 1. The van der Waals surface area contributed by atoms with Gasteiger partial charge in [-0.25, -0.2) is 4.79 Å². The van der Waals surface area contributed by atoms with E-state index in [0.29, 0.717) is 29.4 Å². The van der Waals surface area contributed by atoms with Gasteiger partial charge in [-0.1, -0.05) is 11.6 Å². The third kappa shape index (κ3) is 4.50. The Bertz CT molecular complexity index is 385. The van der Waals surface area contributed by atoms with Gasteiger partial charge in [0.1, 0.15) is 5.75 Å².